The molecule has 2 saturated carbocycles. The van der Waals surface area contributed by atoms with Crippen molar-refractivity contribution in [2.45, 2.75) is 37.3 Å². The van der Waals surface area contributed by atoms with Gasteiger partial charge in [0.25, 0.3) is 5.56 Å². The van der Waals surface area contributed by atoms with Gasteiger partial charge in [-0.3, -0.25) is 9.36 Å². The molecule has 3 aliphatic rings. The second kappa shape index (κ2) is 6.45. The standard InChI is InChI=1S/C20H25FN4O5/c1-30-17-15-12(18(27)25(22)19(28)24(15)11-2-3-11)6-14(21)16(17)23-7-10-4-5-20(29,9-26)13(10)8-23/h6,10-11,13,26,29H,2-5,7-9,22H2,1H3. The van der Waals surface area contributed by atoms with Crippen molar-refractivity contribution < 1.29 is 19.3 Å². The number of hydrogen-bond acceptors (Lipinski definition) is 7. The number of aliphatic hydroxyl groups excluding tert-OH is 1. The Morgan fingerprint density at radius 1 is 1.30 bits per heavy atom. The van der Waals surface area contributed by atoms with E-state index >= 15 is 4.39 Å². The summed E-state index contributed by atoms with van der Waals surface area (Å²) in [6, 6.07) is 1.00. The van der Waals surface area contributed by atoms with Gasteiger partial charge in [0.1, 0.15) is 11.2 Å². The number of fused-ring (bicyclic) bond motifs is 2. The van der Waals surface area contributed by atoms with Crippen molar-refractivity contribution in [3.05, 3.63) is 32.7 Å². The van der Waals surface area contributed by atoms with E-state index in [1.165, 1.54) is 11.7 Å². The van der Waals surface area contributed by atoms with Crippen LogP contribution >= 0.6 is 0 Å². The quantitative estimate of drug-likeness (QED) is 0.592. The molecule has 9 nitrogen and oxygen atoms in total. The van der Waals surface area contributed by atoms with E-state index in [4.69, 9.17) is 10.6 Å². The number of ether oxygens (including phenoxy) is 1. The van der Waals surface area contributed by atoms with Crippen LogP contribution in [0.5, 0.6) is 5.75 Å². The van der Waals surface area contributed by atoms with E-state index in [1.54, 1.807) is 4.90 Å². The van der Waals surface area contributed by atoms with Crippen molar-refractivity contribution in [3.8, 4) is 5.75 Å². The van der Waals surface area contributed by atoms with Gasteiger partial charge in [-0.05, 0) is 37.7 Å². The molecule has 1 saturated heterocycles. The molecule has 0 bridgehead atoms. The summed E-state index contributed by atoms with van der Waals surface area (Å²) in [5, 5.41) is 20.4. The highest BCUT2D eigenvalue weighted by atomic mass is 19.1. The van der Waals surface area contributed by atoms with Gasteiger partial charge in [-0.2, -0.15) is 4.68 Å². The highest BCUT2D eigenvalue weighted by Crippen LogP contribution is 2.49. The summed E-state index contributed by atoms with van der Waals surface area (Å²) in [5.41, 5.74) is -2.18. The molecule has 2 aromatic rings. The SMILES string of the molecule is COc1c(N2CC3CCC(O)(CO)C3C2)c(F)cc2c(=O)n(N)c(=O)n(C3CC3)c12. The topological polar surface area (TPSA) is 123 Å². The summed E-state index contributed by atoms with van der Waals surface area (Å²) in [5.74, 6) is 5.07. The highest BCUT2D eigenvalue weighted by Gasteiger charge is 2.52. The molecular formula is C20H25FN4O5. The van der Waals surface area contributed by atoms with Gasteiger partial charge < -0.3 is 25.7 Å². The molecule has 4 N–H and O–H groups in total. The number of anilines is 1. The Bertz CT molecular complexity index is 1160. The number of hydrogen-bond donors (Lipinski definition) is 3. The number of aliphatic hydroxyl groups is 2. The number of nitrogens with two attached hydrogens (primary N) is 1. The second-order valence-electron chi connectivity index (χ2n) is 8.77. The minimum Gasteiger partial charge on any atom is -0.492 e. The first-order valence-electron chi connectivity index (χ1n) is 10.2. The molecule has 3 fully saturated rings. The number of nitrogen functional groups attached to an aromatic ring is 1. The highest BCUT2D eigenvalue weighted by molar-refractivity contribution is 5.91. The fraction of sp³-hybridized carbons (Fsp3) is 0.600. The monoisotopic (exact) mass is 420 g/mol. The van der Waals surface area contributed by atoms with Gasteiger partial charge in [-0.15, -0.1) is 0 Å². The third-order valence-electron chi connectivity index (χ3n) is 7.07. The van der Waals surface area contributed by atoms with E-state index < -0.39 is 22.7 Å². The lowest BCUT2D eigenvalue weighted by Crippen LogP contribution is -2.44. The zero-order chi connectivity index (χ0) is 21.4. The minimum atomic E-state index is -1.18. The molecule has 162 valence electrons. The van der Waals surface area contributed by atoms with Crippen LogP contribution in [0.15, 0.2) is 15.7 Å². The molecule has 2 aliphatic carbocycles. The molecule has 5 rings (SSSR count). The molecule has 3 atom stereocenters. The van der Waals surface area contributed by atoms with Gasteiger partial charge in [-0.1, -0.05) is 0 Å². The fourth-order valence-electron chi connectivity index (χ4n) is 5.37. The number of rotatable bonds is 4. The summed E-state index contributed by atoms with van der Waals surface area (Å²) in [6.07, 6.45) is 2.78. The van der Waals surface area contributed by atoms with Crippen LogP contribution in [-0.4, -0.2) is 51.9 Å². The smallest absolute Gasteiger partial charge is 0.350 e. The van der Waals surface area contributed by atoms with Crippen LogP contribution in [0, 0.1) is 17.7 Å². The van der Waals surface area contributed by atoms with Gasteiger partial charge in [-0.25, -0.2) is 9.18 Å². The lowest BCUT2D eigenvalue weighted by atomic mass is 9.89. The lowest BCUT2D eigenvalue weighted by Gasteiger charge is -2.29. The number of halogens is 1. The van der Waals surface area contributed by atoms with Gasteiger partial charge in [0.15, 0.2) is 11.6 Å². The van der Waals surface area contributed by atoms with Crippen LogP contribution in [0.2, 0.25) is 0 Å². The van der Waals surface area contributed by atoms with Crippen LogP contribution < -0.4 is 26.7 Å². The van der Waals surface area contributed by atoms with E-state index in [9.17, 15) is 19.8 Å². The predicted octanol–water partition coefficient (Wildman–Crippen LogP) is -0.0708. The van der Waals surface area contributed by atoms with E-state index in [-0.39, 0.29) is 46.8 Å². The third-order valence-corrected chi connectivity index (χ3v) is 7.07. The lowest BCUT2D eigenvalue weighted by molar-refractivity contribution is -0.0432. The first kappa shape index (κ1) is 19.4. The van der Waals surface area contributed by atoms with Crippen molar-refractivity contribution in [1.82, 2.24) is 9.24 Å². The maximum absolute atomic E-state index is 15.3. The second-order valence-corrected chi connectivity index (χ2v) is 8.77. The minimum absolute atomic E-state index is 0.00615. The van der Waals surface area contributed by atoms with Crippen molar-refractivity contribution in [2.75, 3.05) is 37.5 Å². The summed E-state index contributed by atoms with van der Waals surface area (Å²) < 4.78 is 22.8. The summed E-state index contributed by atoms with van der Waals surface area (Å²) >= 11 is 0. The normalized spacial score (nSPS) is 28.3. The number of nitrogens with zero attached hydrogens (tertiary/aromatic N) is 3. The maximum Gasteiger partial charge on any atom is 0.350 e. The molecule has 1 aromatic carbocycles. The van der Waals surface area contributed by atoms with E-state index in [0.717, 1.165) is 25.3 Å². The van der Waals surface area contributed by atoms with Gasteiger partial charge in [0, 0.05) is 25.0 Å². The molecule has 10 heteroatoms. The Morgan fingerprint density at radius 2 is 2.03 bits per heavy atom. The molecule has 1 aliphatic heterocycles. The first-order chi connectivity index (χ1) is 14.3. The predicted molar refractivity (Wildman–Crippen MR) is 108 cm³/mol. The molecular weight excluding hydrogens is 395 g/mol. The number of benzene rings is 1. The van der Waals surface area contributed by atoms with Crippen molar-refractivity contribution in [3.63, 3.8) is 0 Å². The summed E-state index contributed by atoms with van der Waals surface area (Å²) in [7, 11) is 1.38. The number of methoxy groups -OCH3 is 1. The first-order valence-corrected chi connectivity index (χ1v) is 10.2. The zero-order valence-corrected chi connectivity index (χ0v) is 16.7. The Balaban J connectivity index is 1.72. The Hall–Kier alpha value is -2.59. The van der Waals surface area contributed by atoms with Crippen LogP contribution in [0.3, 0.4) is 0 Å². The Labute approximate surface area is 171 Å². The third kappa shape index (κ3) is 2.53. The van der Waals surface area contributed by atoms with Crippen molar-refractivity contribution >= 4 is 16.6 Å². The molecule has 0 spiro atoms. The Morgan fingerprint density at radius 3 is 2.67 bits per heavy atom. The molecule has 2 heterocycles. The molecule has 3 unspecified atom stereocenters. The zero-order valence-electron chi connectivity index (χ0n) is 16.7. The van der Waals surface area contributed by atoms with E-state index in [0.29, 0.717) is 24.2 Å². The average molecular weight is 420 g/mol. The van der Waals surface area contributed by atoms with Crippen LogP contribution in [0.25, 0.3) is 10.9 Å². The maximum atomic E-state index is 15.3. The van der Waals surface area contributed by atoms with Crippen molar-refractivity contribution in [1.29, 1.82) is 0 Å². The van der Waals surface area contributed by atoms with Gasteiger partial charge >= 0.3 is 5.69 Å². The van der Waals surface area contributed by atoms with E-state index in [1.807, 2.05) is 0 Å². The summed E-state index contributed by atoms with van der Waals surface area (Å²) in [4.78, 5) is 27.1. The van der Waals surface area contributed by atoms with Gasteiger partial charge in [0.05, 0.1) is 24.7 Å². The average Bonchev–Trinajstić information content (AvgIpc) is 3.40. The molecule has 1 aromatic heterocycles. The van der Waals surface area contributed by atoms with E-state index in [2.05, 4.69) is 0 Å². The molecule has 30 heavy (non-hydrogen) atoms. The molecule has 0 amide bonds. The van der Waals surface area contributed by atoms with Crippen LogP contribution in [-0.2, 0) is 0 Å². The van der Waals surface area contributed by atoms with Crippen LogP contribution in [0.1, 0.15) is 31.7 Å². The largest absolute Gasteiger partial charge is 0.492 e. The summed E-state index contributed by atoms with van der Waals surface area (Å²) in [6.45, 7) is 0.506. The number of aromatic nitrogens is 2. The van der Waals surface area contributed by atoms with Gasteiger partial charge in [0.2, 0.25) is 0 Å². The van der Waals surface area contributed by atoms with Crippen molar-refractivity contribution in [2.24, 2.45) is 11.8 Å². The fourth-order valence-corrected chi connectivity index (χ4v) is 5.37. The molecule has 0 radical (unpaired) electrons. The van der Waals surface area contributed by atoms with Crippen LogP contribution in [0.4, 0.5) is 10.1 Å². The Kier molecular flexibility index (Phi) is 4.17.